The molecule has 0 atom stereocenters. The van der Waals surface area contributed by atoms with Gasteiger partial charge in [-0.05, 0) is 56.1 Å². The Labute approximate surface area is 292 Å². The summed E-state index contributed by atoms with van der Waals surface area (Å²) < 4.78 is 2.15. The number of nitriles is 1. The first kappa shape index (κ1) is 30.4. The first-order chi connectivity index (χ1) is 24.7. The van der Waals surface area contributed by atoms with Crippen LogP contribution in [0.1, 0.15) is 5.56 Å². The van der Waals surface area contributed by atoms with Gasteiger partial charge in [-0.1, -0.05) is 146 Å². The van der Waals surface area contributed by atoms with Crippen LogP contribution in [-0.4, -0.2) is 12.6 Å². The molecule has 0 unspecified atom stereocenters. The molecular weight excluding hydrogens is 625 g/mol. The van der Waals surface area contributed by atoms with E-state index in [1.54, 1.807) is 0 Å². The summed E-state index contributed by atoms with van der Waals surface area (Å²) in [6.07, 6.45) is 0. The fourth-order valence-electron chi connectivity index (χ4n) is 7.60. The fraction of sp³-hybridized carbons (Fsp3) is 0. The van der Waals surface area contributed by atoms with E-state index in [-0.39, 0.29) is 0 Å². The van der Waals surface area contributed by atoms with E-state index < -0.39 is 8.07 Å². The van der Waals surface area contributed by atoms with E-state index >= 15 is 0 Å². The number of hydrogen-bond donors (Lipinski definition) is 0. The van der Waals surface area contributed by atoms with Crippen LogP contribution in [0.5, 0.6) is 0 Å². The maximum absolute atomic E-state index is 9.79. The number of para-hydroxylation sites is 2. The lowest BCUT2D eigenvalue weighted by Gasteiger charge is -2.36. The van der Waals surface area contributed by atoms with Crippen molar-refractivity contribution in [1.29, 1.82) is 5.26 Å². The van der Waals surface area contributed by atoms with Gasteiger partial charge in [0.2, 0.25) is 5.69 Å². The number of hydrogen-bond acceptors (Lipinski definition) is 1. The Morgan fingerprint density at radius 1 is 0.520 bits per heavy atom. The second-order valence-corrected chi connectivity index (χ2v) is 15.9. The van der Waals surface area contributed by atoms with Gasteiger partial charge in [0.05, 0.1) is 41.5 Å². The van der Waals surface area contributed by atoms with E-state index in [0.717, 1.165) is 38.1 Å². The van der Waals surface area contributed by atoms with Gasteiger partial charge in [-0.25, -0.2) is 9.69 Å². The second kappa shape index (κ2) is 12.6. The van der Waals surface area contributed by atoms with Gasteiger partial charge in [0.1, 0.15) is 0 Å². The minimum absolute atomic E-state index is 0.478. The molecule has 7 aromatic carbocycles. The van der Waals surface area contributed by atoms with Crippen molar-refractivity contribution >= 4 is 62.0 Å². The number of rotatable bonds is 6. The van der Waals surface area contributed by atoms with E-state index in [4.69, 9.17) is 13.1 Å². The van der Waals surface area contributed by atoms with Gasteiger partial charge < -0.3 is 4.57 Å². The molecule has 50 heavy (non-hydrogen) atoms. The van der Waals surface area contributed by atoms with Crippen molar-refractivity contribution in [1.82, 2.24) is 4.57 Å². The quantitative estimate of drug-likeness (QED) is 0.101. The largest absolute Gasteiger partial charge is 0.318 e. The topological polar surface area (TPSA) is 37.4 Å². The molecule has 8 rings (SSSR count). The van der Waals surface area contributed by atoms with E-state index in [2.05, 4.69) is 117 Å². The van der Waals surface area contributed by atoms with Crippen LogP contribution in [0.4, 0.5) is 11.4 Å². The SMILES string of the molecule is [C-]#[N+]c1cccc([Si](c2ccccc2)(c2ccccc2)c2ccccc2)c1-c1cccc([N+]#[C-])c1-n1c2ccccc2c2cc(C#N)ccc21. The standard InChI is InChI=1S/C45H28N4Si/c1-47-39-24-15-27-43(50(33-16-6-3-7-17-33,34-18-8-4-9-19-34)35-20-10-5-11-21-35)44(39)37-23-14-25-40(48-2)45(37)49-41-26-13-12-22-36(41)38-30-32(31-46)28-29-42(38)49/h3-30H. The van der Waals surface area contributed by atoms with Crippen LogP contribution in [0.2, 0.25) is 0 Å². The molecule has 1 heterocycles. The Kier molecular flexibility index (Phi) is 7.63. The Hall–Kier alpha value is -6.97. The zero-order chi connectivity index (χ0) is 34.1. The summed E-state index contributed by atoms with van der Waals surface area (Å²) in [7, 11) is -3.10. The van der Waals surface area contributed by atoms with Crippen LogP contribution in [0, 0.1) is 24.5 Å². The monoisotopic (exact) mass is 652 g/mol. The molecular formula is C45H28N4Si. The molecule has 8 aromatic rings. The van der Waals surface area contributed by atoms with Crippen LogP contribution in [0.3, 0.4) is 0 Å². The summed E-state index contributed by atoms with van der Waals surface area (Å²) in [4.78, 5) is 8.27. The van der Waals surface area contributed by atoms with Crippen molar-refractivity contribution in [3.63, 3.8) is 0 Å². The predicted octanol–water partition coefficient (Wildman–Crippen LogP) is 8.80. The van der Waals surface area contributed by atoms with Gasteiger partial charge in [0.15, 0.2) is 13.8 Å². The molecule has 1 aromatic heterocycles. The van der Waals surface area contributed by atoms with E-state index in [9.17, 15) is 5.26 Å². The third kappa shape index (κ3) is 4.64. The number of fused-ring (bicyclic) bond motifs is 3. The van der Waals surface area contributed by atoms with Crippen LogP contribution >= 0.6 is 0 Å². The van der Waals surface area contributed by atoms with Crippen LogP contribution in [-0.2, 0) is 0 Å². The predicted molar refractivity (Wildman–Crippen MR) is 207 cm³/mol. The molecule has 0 saturated carbocycles. The zero-order valence-corrected chi connectivity index (χ0v) is 28.0. The van der Waals surface area contributed by atoms with Crippen LogP contribution in [0.15, 0.2) is 170 Å². The van der Waals surface area contributed by atoms with E-state index in [1.807, 2.05) is 72.8 Å². The third-order valence-electron chi connectivity index (χ3n) is 9.62. The first-order valence-electron chi connectivity index (χ1n) is 16.3. The van der Waals surface area contributed by atoms with Crippen molar-refractivity contribution in [2.45, 2.75) is 0 Å². The molecule has 0 aliphatic carbocycles. The van der Waals surface area contributed by atoms with Gasteiger partial charge in [-0.15, -0.1) is 0 Å². The minimum Gasteiger partial charge on any atom is -0.318 e. The maximum atomic E-state index is 9.79. The highest BCUT2D eigenvalue weighted by atomic mass is 28.3. The summed E-state index contributed by atoms with van der Waals surface area (Å²) in [5.41, 5.74) is 5.75. The summed E-state index contributed by atoms with van der Waals surface area (Å²) in [5, 5.41) is 16.4. The Morgan fingerprint density at radius 2 is 1.06 bits per heavy atom. The van der Waals surface area contributed by atoms with Crippen LogP contribution in [0.25, 0.3) is 48.3 Å². The van der Waals surface area contributed by atoms with Crippen LogP contribution < -0.4 is 20.7 Å². The van der Waals surface area contributed by atoms with Gasteiger partial charge >= 0.3 is 0 Å². The average molecular weight is 653 g/mol. The highest BCUT2D eigenvalue weighted by Gasteiger charge is 2.43. The molecule has 0 spiro atoms. The molecule has 4 nitrogen and oxygen atoms in total. The molecule has 0 saturated heterocycles. The normalized spacial score (nSPS) is 11.1. The van der Waals surface area contributed by atoms with Gasteiger partial charge in [0.25, 0.3) is 0 Å². The lowest BCUT2D eigenvalue weighted by atomic mass is 10.00. The summed E-state index contributed by atoms with van der Waals surface area (Å²) >= 11 is 0. The molecule has 5 heteroatoms. The minimum atomic E-state index is -3.10. The Bertz CT molecular complexity index is 2580. The summed E-state index contributed by atoms with van der Waals surface area (Å²) in [6, 6.07) is 60.1. The maximum Gasteiger partial charge on any atom is 0.211 e. The molecule has 0 radical (unpaired) electrons. The third-order valence-corrected chi connectivity index (χ3v) is 14.4. The first-order valence-corrected chi connectivity index (χ1v) is 18.3. The lowest BCUT2D eigenvalue weighted by Crippen LogP contribution is -2.75. The molecule has 232 valence electrons. The molecule has 0 aliphatic rings. The lowest BCUT2D eigenvalue weighted by molar-refractivity contribution is 1.19. The summed E-state index contributed by atoms with van der Waals surface area (Å²) in [6.45, 7) is 17.0. The smallest absolute Gasteiger partial charge is 0.211 e. The zero-order valence-electron chi connectivity index (χ0n) is 27.0. The Morgan fingerprint density at radius 3 is 1.66 bits per heavy atom. The van der Waals surface area contributed by atoms with Crippen molar-refractivity contribution in [2.24, 2.45) is 0 Å². The van der Waals surface area contributed by atoms with Crippen molar-refractivity contribution < 1.29 is 0 Å². The molecule has 0 aliphatic heterocycles. The van der Waals surface area contributed by atoms with E-state index in [1.165, 1.54) is 15.6 Å². The van der Waals surface area contributed by atoms with Crippen molar-refractivity contribution in [3.8, 4) is 22.9 Å². The highest BCUT2D eigenvalue weighted by molar-refractivity contribution is 7.20. The van der Waals surface area contributed by atoms with Gasteiger partial charge in [-0.2, -0.15) is 5.26 Å². The Balaban J connectivity index is 1.57. The number of benzene rings is 7. The fourth-order valence-corrected chi connectivity index (χ4v) is 12.6. The number of aromatic nitrogens is 1. The second-order valence-electron chi connectivity index (χ2n) is 12.1. The average Bonchev–Trinajstić information content (AvgIpc) is 3.52. The molecule has 0 fully saturated rings. The molecule has 0 N–H and O–H groups in total. The number of nitrogens with zero attached hydrogens (tertiary/aromatic N) is 4. The van der Waals surface area contributed by atoms with Crippen molar-refractivity contribution in [2.75, 3.05) is 0 Å². The summed E-state index contributed by atoms with van der Waals surface area (Å²) in [5.74, 6) is 0. The van der Waals surface area contributed by atoms with E-state index in [0.29, 0.717) is 22.6 Å². The molecule has 0 bridgehead atoms. The van der Waals surface area contributed by atoms with Gasteiger partial charge in [-0.3, -0.25) is 0 Å². The highest BCUT2D eigenvalue weighted by Crippen LogP contribution is 2.43. The van der Waals surface area contributed by atoms with Gasteiger partial charge in [0, 0.05) is 10.8 Å². The van der Waals surface area contributed by atoms with Crippen molar-refractivity contribution in [3.05, 3.63) is 198 Å². The molecule has 0 amide bonds.